The van der Waals surface area contributed by atoms with Gasteiger partial charge in [-0.3, -0.25) is 4.79 Å². The first kappa shape index (κ1) is 30.5. The van der Waals surface area contributed by atoms with Crippen molar-refractivity contribution in [3.8, 4) is 11.5 Å². The van der Waals surface area contributed by atoms with Crippen LogP contribution in [0.5, 0.6) is 11.5 Å². The Hall–Kier alpha value is -3.45. The van der Waals surface area contributed by atoms with Gasteiger partial charge in [0.15, 0.2) is 11.0 Å². The minimum atomic E-state index is -4.56. The van der Waals surface area contributed by atoms with Crippen molar-refractivity contribution in [3.63, 3.8) is 0 Å². The molecular formula is C28H34F3N5O4S. The lowest BCUT2D eigenvalue weighted by Crippen LogP contribution is -2.20. The molecule has 9 nitrogen and oxygen atoms in total. The summed E-state index contributed by atoms with van der Waals surface area (Å²) in [6.07, 6.45) is 0.763. The summed E-state index contributed by atoms with van der Waals surface area (Å²) in [7, 11) is 3.10. The van der Waals surface area contributed by atoms with Crippen molar-refractivity contribution in [3.05, 3.63) is 53.9 Å². The summed E-state index contributed by atoms with van der Waals surface area (Å²) in [5.41, 5.74) is -0.0658. The molecule has 1 aromatic heterocycles. The monoisotopic (exact) mass is 593 g/mol. The number of hydrogen-bond acceptors (Lipinski definition) is 8. The standard InChI is InChI=1S/C28H34F3N5O4S/c1-38-13-14-40-24-12-11-19(28(29,30)31)15-23(24)33-26(37)18-41-27-35-34-25(36(27)21-8-4-3-5-9-21)17-32-20-7-6-10-22(16-20)39-2/h6-7,10-12,15-16,21,32H,3-5,8-9,13-14,17-18H2,1-2H3,(H,33,37). The van der Waals surface area contributed by atoms with E-state index in [2.05, 4.69) is 25.4 Å². The van der Waals surface area contributed by atoms with E-state index >= 15 is 0 Å². The van der Waals surface area contributed by atoms with Gasteiger partial charge in [0, 0.05) is 24.9 Å². The Labute approximate surface area is 241 Å². The van der Waals surface area contributed by atoms with Gasteiger partial charge in [0.25, 0.3) is 0 Å². The molecule has 0 radical (unpaired) electrons. The van der Waals surface area contributed by atoms with Crippen LogP contribution in [0.15, 0.2) is 47.6 Å². The number of amides is 1. The molecule has 1 aliphatic carbocycles. The maximum Gasteiger partial charge on any atom is 0.416 e. The Balaban J connectivity index is 1.47. The van der Waals surface area contributed by atoms with E-state index in [1.165, 1.54) is 31.4 Å². The highest BCUT2D eigenvalue weighted by Crippen LogP contribution is 2.36. The van der Waals surface area contributed by atoms with Gasteiger partial charge in [-0.25, -0.2) is 0 Å². The van der Waals surface area contributed by atoms with Gasteiger partial charge in [-0.1, -0.05) is 37.1 Å². The molecule has 2 aromatic carbocycles. The molecule has 3 aromatic rings. The number of nitrogens with zero attached hydrogens (tertiary/aromatic N) is 3. The number of rotatable bonds is 13. The molecule has 1 amide bonds. The molecule has 13 heteroatoms. The van der Waals surface area contributed by atoms with E-state index in [1.807, 2.05) is 24.3 Å². The van der Waals surface area contributed by atoms with Crippen LogP contribution in [-0.2, 0) is 22.3 Å². The number of halogens is 3. The number of hydrogen-bond donors (Lipinski definition) is 2. The Morgan fingerprint density at radius 1 is 1.07 bits per heavy atom. The highest BCUT2D eigenvalue weighted by atomic mass is 32.2. The molecule has 1 fully saturated rings. The number of carbonyl (C=O) groups excluding carboxylic acids is 1. The van der Waals surface area contributed by atoms with Crippen molar-refractivity contribution in [1.29, 1.82) is 0 Å². The van der Waals surface area contributed by atoms with Crippen LogP contribution in [0.1, 0.15) is 49.5 Å². The number of aromatic nitrogens is 3. The lowest BCUT2D eigenvalue weighted by atomic mass is 9.95. The maximum absolute atomic E-state index is 13.3. The minimum absolute atomic E-state index is 0.0570. The second-order valence-corrected chi connectivity index (χ2v) is 10.5. The molecule has 0 aliphatic heterocycles. The smallest absolute Gasteiger partial charge is 0.416 e. The molecule has 0 spiro atoms. The Bertz CT molecular complexity index is 1300. The summed E-state index contributed by atoms with van der Waals surface area (Å²) >= 11 is 1.20. The third-order valence-corrected chi connectivity index (χ3v) is 7.60. The summed E-state index contributed by atoms with van der Waals surface area (Å²) in [5, 5.41) is 15.3. The van der Waals surface area contributed by atoms with Crippen LogP contribution in [0, 0.1) is 0 Å². The molecule has 0 bridgehead atoms. The largest absolute Gasteiger partial charge is 0.497 e. The molecule has 1 aliphatic rings. The predicted octanol–water partition coefficient (Wildman–Crippen LogP) is 6.18. The van der Waals surface area contributed by atoms with E-state index < -0.39 is 17.6 Å². The number of carbonyl (C=O) groups is 1. The van der Waals surface area contributed by atoms with Gasteiger partial charge < -0.3 is 29.4 Å². The maximum atomic E-state index is 13.3. The van der Waals surface area contributed by atoms with Crippen molar-refractivity contribution in [1.82, 2.24) is 14.8 Å². The number of anilines is 2. The van der Waals surface area contributed by atoms with E-state index in [0.29, 0.717) is 11.7 Å². The molecule has 0 saturated heterocycles. The Kier molecular flexibility index (Phi) is 10.7. The first-order valence-electron chi connectivity index (χ1n) is 13.4. The summed E-state index contributed by atoms with van der Waals surface area (Å²) < 4.78 is 57.9. The highest BCUT2D eigenvalue weighted by molar-refractivity contribution is 7.99. The fraction of sp³-hybridized carbons (Fsp3) is 0.464. The molecule has 1 saturated carbocycles. The van der Waals surface area contributed by atoms with Gasteiger partial charge >= 0.3 is 6.18 Å². The molecule has 0 unspecified atom stereocenters. The van der Waals surface area contributed by atoms with Crippen LogP contribution in [0.3, 0.4) is 0 Å². The fourth-order valence-electron chi connectivity index (χ4n) is 4.63. The second-order valence-electron chi connectivity index (χ2n) is 9.53. The van der Waals surface area contributed by atoms with Crippen LogP contribution >= 0.6 is 11.8 Å². The van der Waals surface area contributed by atoms with Gasteiger partial charge in [0.05, 0.1) is 37.3 Å². The zero-order chi connectivity index (χ0) is 29.2. The lowest BCUT2D eigenvalue weighted by Gasteiger charge is -2.25. The second kappa shape index (κ2) is 14.4. The summed E-state index contributed by atoms with van der Waals surface area (Å²) in [6, 6.07) is 10.8. The third-order valence-electron chi connectivity index (χ3n) is 6.65. The molecular weight excluding hydrogens is 559 g/mol. The summed E-state index contributed by atoms with van der Waals surface area (Å²) in [6.45, 7) is 0.794. The topological polar surface area (TPSA) is 99.5 Å². The van der Waals surface area contributed by atoms with Crippen LogP contribution in [0.4, 0.5) is 24.5 Å². The van der Waals surface area contributed by atoms with Gasteiger partial charge in [0.2, 0.25) is 5.91 Å². The van der Waals surface area contributed by atoms with Crippen LogP contribution in [0.2, 0.25) is 0 Å². The minimum Gasteiger partial charge on any atom is -0.497 e. The van der Waals surface area contributed by atoms with E-state index in [9.17, 15) is 18.0 Å². The van der Waals surface area contributed by atoms with Crippen molar-refractivity contribution in [2.24, 2.45) is 0 Å². The zero-order valence-electron chi connectivity index (χ0n) is 23.0. The van der Waals surface area contributed by atoms with E-state index in [0.717, 1.165) is 55.1 Å². The van der Waals surface area contributed by atoms with Crippen LogP contribution in [-0.4, -0.2) is 53.9 Å². The molecule has 0 atom stereocenters. The zero-order valence-corrected chi connectivity index (χ0v) is 23.8. The van der Waals surface area contributed by atoms with Crippen molar-refractivity contribution >= 4 is 29.0 Å². The first-order valence-corrected chi connectivity index (χ1v) is 14.3. The van der Waals surface area contributed by atoms with Crippen molar-refractivity contribution < 1.29 is 32.2 Å². The van der Waals surface area contributed by atoms with Gasteiger partial charge in [-0.2, -0.15) is 13.2 Å². The van der Waals surface area contributed by atoms with E-state index in [4.69, 9.17) is 14.2 Å². The Morgan fingerprint density at radius 2 is 1.88 bits per heavy atom. The van der Waals surface area contributed by atoms with E-state index in [1.54, 1.807) is 7.11 Å². The van der Waals surface area contributed by atoms with Gasteiger partial charge in [0.1, 0.15) is 18.1 Å². The first-order chi connectivity index (χ1) is 19.8. The number of nitrogens with one attached hydrogen (secondary N) is 2. The number of ether oxygens (including phenoxy) is 3. The number of methoxy groups -OCH3 is 2. The van der Waals surface area contributed by atoms with Crippen LogP contribution < -0.4 is 20.1 Å². The predicted molar refractivity (Wildman–Crippen MR) is 151 cm³/mol. The summed E-state index contributed by atoms with van der Waals surface area (Å²) in [5.74, 6) is 1.06. The number of benzene rings is 2. The summed E-state index contributed by atoms with van der Waals surface area (Å²) in [4.78, 5) is 12.9. The highest BCUT2D eigenvalue weighted by Gasteiger charge is 2.31. The molecule has 2 N–H and O–H groups in total. The van der Waals surface area contributed by atoms with Crippen molar-refractivity contribution in [2.45, 2.75) is 56.0 Å². The quantitative estimate of drug-likeness (QED) is 0.179. The van der Waals surface area contributed by atoms with Gasteiger partial charge in [-0.05, 0) is 43.2 Å². The fourth-order valence-corrected chi connectivity index (χ4v) is 5.45. The number of thioether (sulfide) groups is 1. The average Bonchev–Trinajstić information content (AvgIpc) is 3.38. The molecule has 222 valence electrons. The normalized spacial score (nSPS) is 14.1. The third kappa shape index (κ3) is 8.52. The Morgan fingerprint density at radius 3 is 2.61 bits per heavy atom. The van der Waals surface area contributed by atoms with Gasteiger partial charge in [-0.15, -0.1) is 10.2 Å². The lowest BCUT2D eigenvalue weighted by molar-refractivity contribution is -0.137. The molecule has 4 rings (SSSR count). The molecule has 1 heterocycles. The van der Waals surface area contributed by atoms with Crippen molar-refractivity contribution in [2.75, 3.05) is 43.8 Å². The van der Waals surface area contributed by atoms with E-state index in [-0.39, 0.29) is 36.4 Å². The number of alkyl halides is 3. The average molecular weight is 594 g/mol. The van der Waals surface area contributed by atoms with Crippen LogP contribution in [0.25, 0.3) is 0 Å². The molecule has 41 heavy (non-hydrogen) atoms. The SMILES string of the molecule is COCCOc1ccc(C(F)(F)F)cc1NC(=O)CSc1nnc(CNc2cccc(OC)c2)n1C1CCCCC1.